The van der Waals surface area contributed by atoms with Crippen LogP contribution in [0.3, 0.4) is 0 Å². The van der Waals surface area contributed by atoms with Crippen LogP contribution in [0.2, 0.25) is 0 Å². The molecule has 6 heteroatoms. The van der Waals surface area contributed by atoms with E-state index in [0.717, 1.165) is 17.7 Å². The van der Waals surface area contributed by atoms with Gasteiger partial charge in [-0.15, -0.1) is 0 Å². The Balaban J connectivity index is 1.80. The summed E-state index contributed by atoms with van der Waals surface area (Å²) in [7, 11) is 0. The van der Waals surface area contributed by atoms with Crippen LogP contribution in [0.4, 0.5) is 17.1 Å². The first-order chi connectivity index (χ1) is 12.9. The highest BCUT2D eigenvalue weighted by Gasteiger charge is 2.32. The number of para-hydroxylation sites is 1. The fraction of sp³-hybridized carbons (Fsp3) is 0.286. The van der Waals surface area contributed by atoms with E-state index in [1.165, 1.54) is 18.7 Å². The van der Waals surface area contributed by atoms with Crippen LogP contribution < -0.4 is 15.1 Å². The van der Waals surface area contributed by atoms with Crippen molar-refractivity contribution in [2.24, 2.45) is 0 Å². The first-order valence-corrected chi connectivity index (χ1v) is 8.92. The van der Waals surface area contributed by atoms with Crippen molar-refractivity contribution in [3.63, 3.8) is 0 Å². The number of nitrogens with zero attached hydrogens (tertiary/aromatic N) is 2. The summed E-state index contributed by atoms with van der Waals surface area (Å²) in [6, 6.07) is 14.8. The lowest BCUT2D eigenvalue weighted by molar-refractivity contribution is -0.121. The van der Waals surface area contributed by atoms with Crippen molar-refractivity contribution in [2.45, 2.75) is 33.2 Å². The van der Waals surface area contributed by atoms with Crippen molar-refractivity contribution in [3.8, 4) is 0 Å². The van der Waals surface area contributed by atoms with Crippen LogP contribution in [-0.2, 0) is 20.8 Å². The number of hydrogen-bond donors (Lipinski definition) is 1. The number of carbonyl (C=O) groups is 3. The molecular formula is C21H23N3O3. The maximum atomic E-state index is 13.0. The van der Waals surface area contributed by atoms with E-state index in [1.54, 1.807) is 29.2 Å². The molecule has 3 rings (SSSR count). The van der Waals surface area contributed by atoms with E-state index in [9.17, 15) is 14.4 Å². The van der Waals surface area contributed by atoms with Gasteiger partial charge in [0.25, 0.3) is 0 Å². The van der Waals surface area contributed by atoms with Gasteiger partial charge in [-0.1, -0.05) is 18.2 Å². The minimum atomic E-state index is -0.212. The number of carbonyl (C=O) groups excluding carboxylic acids is 3. The standard InChI is InChI=1S/C21H23N3O3/c1-14-12-17-6-4-5-7-20(17)24(14)21(27)13-23(16(3)26)19-10-8-18(9-11-19)22-15(2)25/h4-11,14H,12-13H2,1-3H3,(H,22,25). The topological polar surface area (TPSA) is 69.7 Å². The lowest BCUT2D eigenvalue weighted by atomic mass is 10.1. The molecule has 1 atom stereocenters. The van der Waals surface area contributed by atoms with Crippen molar-refractivity contribution in [3.05, 3.63) is 54.1 Å². The summed E-state index contributed by atoms with van der Waals surface area (Å²) in [6.07, 6.45) is 0.813. The van der Waals surface area contributed by atoms with Crippen LogP contribution in [0.25, 0.3) is 0 Å². The number of hydrogen-bond acceptors (Lipinski definition) is 3. The Labute approximate surface area is 158 Å². The average Bonchev–Trinajstić information content (AvgIpc) is 2.95. The van der Waals surface area contributed by atoms with Gasteiger partial charge >= 0.3 is 0 Å². The third-order valence-electron chi connectivity index (χ3n) is 4.65. The van der Waals surface area contributed by atoms with Gasteiger partial charge in [-0.05, 0) is 49.2 Å². The first-order valence-electron chi connectivity index (χ1n) is 8.92. The third-order valence-corrected chi connectivity index (χ3v) is 4.65. The lowest BCUT2D eigenvalue weighted by Crippen LogP contribution is -2.44. The largest absolute Gasteiger partial charge is 0.326 e. The predicted octanol–water partition coefficient (Wildman–Crippen LogP) is 2.98. The normalized spacial score (nSPS) is 15.2. The zero-order valence-corrected chi connectivity index (χ0v) is 15.7. The summed E-state index contributed by atoms with van der Waals surface area (Å²) >= 11 is 0. The van der Waals surface area contributed by atoms with Gasteiger partial charge in [0.1, 0.15) is 6.54 Å². The molecule has 1 unspecified atom stereocenters. The summed E-state index contributed by atoms with van der Waals surface area (Å²) in [6.45, 7) is 4.85. The highest BCUT2D eigenvalue weighted by atomic mass is 16.2. The van der Waals surface area contributed by atoms with Gasteiger partial charge in [0.05, 0.1) is 0 Å². The molecule has 0 fully saturated rings. The lowest BCUT2D eigenvalue weighted by Gasteiger charge is -2.27. The van der Waals surface area contributed by atoms with E-state index in [0.29, 0.717) is 11.4 Å². The van der Waals surface area contributed by atoms with Crippen LogP contribution in [0, 0.1) is 0 Å². The maximum Gasteiger partial charge on any atom is 0.247 e. The zero-order chi connectivity index (χ0) is 19.6. The molecule has 1 heterocycles. The number of fused-ring (bicyclic) bond motifs is 1. The van der Waals surface area contributed by atoms with Crippen molar-refractivity contribution in [1.29, 1.82) is 0 Å². The van der Waals surface area contributed by atoms with Gasteiger partial charge in [0.15, 0.2) is 0 Å². The highest BCUT2D eigenvalue weighted by molar-refractivity contribution is 6.04. The Bertz CT molecular complexity index is 876. The van der Waals surface area contributed by atoms with E-state index < -0.39 is 0 Å². The quantitative estimate of drug-likeness (QED) is 0.906. The molecule has 1 aliphatic rings. The molecule has 6 nitrogen and oxygen atoms in total. The zero-order valence-electron chi connectivity index (χ0n) is 15.7. The molecule has 0 aliphatic carbocycles. The van der Waals surface area contributed by atoms with Gasteiger partial charge in [0.2, 0.25) is 17.7 Å². The first kappa shape index (κ1) is 18.6. The van der Waals surface area contributed by atoms with Gasteiger partial charge in [-0.25, -0.2) is 0 Å². The minimum absolute atomic E-state index is 0.0342. The van der Waals surface area contributed by atoms with E-state index in [4.69, 9.17) is 0 Å². The minimum Gasteiger partial charge on any atom is -0.326 e. The second-order valence-electron chi connectivity index (χ2n) is 6.78. The van der Waals surface area contributed by atoms with Gasteiger partial charge in [-0.3, -0.25) is 14.4 Å². The summed E-state index contributed by atoms with van der Waals surface area (Å²) in [5.41, 5.74) is 3.32. The number of anilines is 3. The van der Waals surface area contributed by atoms with Gasteiger partial charge in [0, 0.05) is 37.0 Å². The van der Waals surface area contributed by atoms with Crippen LogP contribution >= 0.6 is 0 Å². The Kier molecular flexibility index (Phi) is 5.26. The molecule has 1 aliphatic heterocycles. The van der Waals surface area contributed by atoms with Crippen LogP contribution in [0.1, 0.15) is 26.3 Å². The highest BCUT2D eigenvalue weighted by Crippen LogP contribution is 2.32. The molecule has 0 spiro atoms. The summed E-state index contributed by atoms with van der Waals surface area (Å²) in [4.78, 5) is 39.5. The summed E-state index contributed by atoms with van der Waals surface area (Å²) < 4.78 is 0. The molecule has 0 saturated heterocycles. The summed E-state index contributed by atoms with van der Waals surface area (Å²) in [5, 5.41) is 2.68. The van der Waals surface area contributed by atoms with Gasteiger partial charge < -0.3 is 15.1 Å². The SMILES string of the molecule is CC(=O)Nc1ccc(N(CC(=O)N2c3ccccc3CC2C)C(C)=O)cc1. The second kappa shape index (κ2) is 7.61. The molecule has 0 bridgehead atoms. The number of benzene rings is 2. The number of rotatable bonds is 4. The van der Waals surface area contributed by atoms with Crippen molar-refractivity contribution in [2.75, 3.05) is 21.7 Å². The number of amides is 3. The Hall–Kier alpha value is -3.15. The van der Waals surface area contributed by atoms with Crippen LogP contribution in [0.15, 0.2) is 48.5 Å². The smallest absolute Gasteiger partial charge is 0.247 e. The maximum absolute atomic E-state index is 13.0. The molecule has 3 amide bonds. The Morgan fingerprint density at radius 3 is 2.37 bits per heavy atom. The molecule has 27 heavy (non-hydrogen) atoms. The van der Waals surface area contributed by atoms with Gasteiger partial charge in [-0.2, -0.15) is 0 Å². The molecular weight excluding hydrogens is 342 g/mol. The van der Waals surface area contributed by atoms with E-state index in [1.807, 2.05) is 31.2 Å². The third kappa shape index (κ3) is 4.00. The van der Waals surface area contributed by atoms with E-state index >= 15 is 0 Å². The fourth-order valence-corrected chi connectivity index (χ4v) is 3.47. The molecule has 2 aromatic rings. The van der Waals surface area contributed by atoms with Crippen molar-refractivity contribution in [1.82, 2.24) is 0 Å². The monoisotopic (exact) mass is 365 g/mol. The van der Waals surface area contributed by atoms with E-state index in [-0.39, 0.29) is 30.3 Å². The molecule has 0 radical (unpaired) electrons. The summed E-state index contributed by atoms with van der Waals surface area (Å²) in [5.74, 6) is -0.493. The van der Waals surface area contributed by atoms with Crippen molar-refractivity contribution >= 4 is 34.8 Å². The molecule has 2 aromatic carbocycles. The predicted molar refractivity (Wildman–Crippen MR) is 106 cm³/mol. The molecule has 1 N–H and O–H groups in total. The molecule has 0 aromatic heterocycles. The van der Waals surface area contributed by atoms with E-state index in [2.05, 4.69) is 5.32 Å². The molecule has 0 saturated carbocycles. The van der Waals surface area contributed by atoms with Crippen LogP contribution in [0.5, 0.6) is 0 Å². The second-order valence-corrected chi connectivity index (χ2v) is 6.78. The average molecular weight is 365 g/mol. The van der Waals surface area contributed by atoms with Crippen molar-refractivity contribution < 1.29 is 14.4 Å². The Morgan fingerprint density at radius 1 is 1.07 bits per heavy atom. The fourth-order valence-electron chi connectivity index (χ4n) is 3.47. The number of nitrogens with one attached hydrogen (secondary N) is 1. The van der Waals surface area contributed by atoms with Crippen LogP contribution in [-0.4, -0.2) is 30.3 Å². The Morgan fingerprint density at radius 2 is 1.74 bits per heavy atom. The molecule has 140 valence electrons.